The normalized spacial score (nSPS) is 15.5. The Morgan fingerprint density at radius 1 is 1.20 bits per heavy atom. The zero-order chi connectivity index (χ0) is 21.9. The molecule has 0 unspecified atom stereocenters. The number of nitrogens with one attached hydrogen (secondary N) is 3. The average molecular weight is 625 g/mol. The second-order valence-corrected chi connectivity index (χ2v) is 10.3. The largest absolute Gasteiger partial charge is 0.354 e. The van der Waals surface area contributed by atoms with E-state index in [1.165, 1.54) is 0 Å². The van der Waals surface area contributed by atoms with Gasteiger partial charge in [0.15, 0.2) is 0 Å². The monoisotopic (exact) mass is 622 g/mol. The fourth-order valence-corrected chi connectivity index (χ4v) is 5.56. The molecule has 192 valence electrons. The highest BCUT2D eigenvalue weighted by Crippen LogP contribution is 2.37. The molecule has 1 amide bonds. The molecule has 35 heavy (non-hydrogen) atoms. The van der Waals surface area contributed by atoms with Crippen molar-refractivity contribution in [3.63, 3.8) is 0 Å². The van der Waals surface area contributed by atoms with E-state index in [2.05, 4.69) is 53.9 Å². The first-order valence-corrected chi connectivity index (χ1v) is 12.8. The Labute approximate surface area is 236 Å². The van der Waals surface area contributed by atoms with Gasteiger partial charge in [0.2, 0.25) is 5.95 Å². The van der Waals surface area contributed by atoms with Crippen molar-refractivity contribution in [2.75, 3.05) is 44.6 Å². The molecule has 1 saturated heterocycles. The number of hydrogen-bond donors (Lipinski definition) is 3. The van der Waals surface area contributed by atoms with E-state index in [0.717, 1.165) is 89.2 Å². The summed E-state index contributed by atoms with van der Waals surface area (Å²) in [5.74, 6) is 0.642. The quantitative estimate of drug-likeness (QED) is 0.307. The number of thiophene rings is 1. The zero-order valence-corrected chi connectivity index (χ0v) is 23.9. The number of nitrogens with zero attached hydrogens (tertiary/aromatic N) is 3. The SMILES string of the molecule is Cl.Cl.Cl.O=C(NC1CC1)c1cccc2sc(-c3nc(NCCCN4CCNCC4)ncc3Br)cc12. The summed E-state index contributed by atoms with van der Waals surface area (Å²) in [6, 6.07) is 8.32. The summed E-state index contributed by atoms with van der Waals surface area (Å²) in [5.41, 5.74) is 1.58. The van der Waals surface area contributed by atoms with E-state index >= 15 is 0 Å². The molecule has 0 atom stereocenters. The van der Waals surface area contributed by atoms with Crippen LogP contribution in [0.15, 0.2) is 34.9 Å². The second-order valence-electron chi connectivity index (χ2n) is 8.34. The van der Waals surface area contributed by atoms with Crippen LogP contribution in [0.3, 0.4) is 0 Å². The first-order chi connectivity index (χ1) is 15.7. The topological polar surface area (TPSA) is 82.2 Å². The molecule has 1 aliphatic carbocycles. The van der Waals surface area contributed by atoms with Crippen molar-refractivity contribution >= 4 is 86.4 Å². The predicted octanol–water partition coefficient (Wildman–Crippen LogP) is 4.99. The molecule has 1 aromatic carbocycles. The minimum Gasteiger partial charge on any atom is -0.354 e. The number of benzene rings is 1. The van der Waals surface area contributed by atoms with Gasteiger partial charge in [0.25, 0.3) is 5.91 Å². The summed E-state index contributed by atoms with van der Waals surface area (Å²) in [6.45, 7) is 6.30. The summed E-state index contributed by atoms with van der Waals surface area (Å²) < 4.78 is 1.93. The van der Waals surface area contributed by atoms with Gasteiger partial charge in [0, 0.05) is 60.6 Å². The third-order valence-electron chi connectivity index (χ3n) is 5.84. The van der Waals surface area contributed by atoms with E-state index in [4.69, 9.17) is 4.98 Å². The molecule has 3 heterocycles. The minimum absolute atomic E-state index is 0. The fourth-order valence-electron chi connectivity index (χ4n) is 3.93. The van der Waals surface area contributed by atoms with Crippen LogP contribution in [-0.4, -0.2) is 66.1 Å². The van der Waals surface area contributed by atoms with Crippen LogP contribution in [0.25, 0.3) is 20.7 Å². The average Bonchev–Trinajstić information content (AvgIpc) is 3.52. The third-order valence-corrected chi connectivity index (χ3v) is 7.53. The smallest absolute Gasteiger partial charge is 0.252 e. The first kappa shape index (κ1) is 30.0. The van der Waals surface area contributed by atoms with E-state index in [-0.39, 0.29) is 43.1 Å². The zero-order valence-electron chi connectivity index (χ0n) is 19.1. The number of aromatic nitrogens is 2. The van der Waals surface area contributed by atoms with E-state index in [1.54, 1.807) is 17.5 Å². The Kier molecular flexibility index (Phi) is 11.9. The highest BCUT2D eigenvalue weighted by Gasteiger charge is 2.25. The van der Waals surface area contributed by atoms with Gasteiger partial charge in [-0.1, -0.05) is 6.07 Å². The molecule has 0 spiro atoms. The molecule has 3 N–H and O–H groups in total. The number of piperazine rings is 1. The number of halogens is 4. The number of rotatable bonds is 8. The van der Waals surface area contributed by atoms with Crippen LogP contribution >= 0.6 is 64.5 Å². The predicted molar refractivity (Wildman–Crippen MR) is 155 cm³/mol. The maximum atomic E-state index is 12.7. The summed E-state index contributed by atoms with van der Waals surface area (Å²) in [4.78, 5) is 25.4. The maximum absolute atomic E-state index is 12.7. The molecule has 2 aliphatic rings. The Balaban J connectivity index is 0.00000144. The number of hydrogen-bond acceptors (Lipinski definition) is 7. The lowest BCUT2D eigenvalue weighted by atomic mass is 10.1. The Hall–Kier alpha value is -1.20. The molecule has 5 rings (SSSR count). The third kappa shape index (κ3) is 7.64. The molecule has 7 nitrogen and oxygen atoms in total. The van der Waals surface area contributed by atoms with Crippen molar-refractivity contribution in [2.45, 2.75) is 25.3 Å². The van der Waals surface area contributed by atoms with Gasteiger partial charge in [-0.15, -0.1) is 48.6 Å². The van der Waals surface area contributed by atoms with Gasteiger partial charge in [0.05, 0.1) is 9.35 Å². The molecule has 1 aliphatic heterocycles. The molecule has 0 bridgehead atoms. The summed E-state index contributed by atoms with van der Waals surface area (Å²) in [5, 5.41) is 10.8. The molecule has 2 fully saturated rings. The van der Waals surface area contributed by atoms with Gasteiger partial charge in [-0.3, -0.25) is 4.79 Å². The van der Waals surface area contributed by atoms with Crippen molar-refractivity contribution in [2.24, 2.45) is 0 Å². The van der Waals surface area contributed by atoms with Gasteiger partial charge < -0.3 is 20.9 Å². The van der Waals surface area contributed by atoms with Crippen molar-refractivity contribution in [3.8, 4) is 10.6 Å². The molecule has 2 aromatic heterocycles. The summed E-state index contributed by atoms with van der Waals surface area (Å²) in [7, 11) is 0. The van der Waals surface area contributed by atoms with Crippen LogP contribution in [-0.2, 0) is 0 Å². The number of amides is 1. The van der Waals surface area contributed by atoms with Crippen LogP contribution in [0.2, 0.25) is 0 Å². The number of anilines is 1. The standard InChI is InChI=1S/C23H27BrN6OS.3ClH/c24-18-14-27-23(26-7-2-10-30-11-8-25-9-12-30)29-21(18)20-13-17-16(3-1-4-19(17)32-20)22(31)28-15-5-6-15;;;/h1,3-4,13-15,25H,2,5-12H2,(H,28,31)(H,26,27,29);3*1H. The van der Waals surface area contributed by atoms with E-state index in [9.17, 15) is 4.79 Å². The Morgan fingerprint density at radius 3 is 2.71 bits per heavy atom. The number of fused-ring (bicyclic) bond motifs is 1. The molecule has 0 radical (unpaired) electrons. The van der Waals surface area contributed by atoms with Gasteiger partial charge in [-0.25, -0.2) is 9.97 Å². The van der Waals surface area contributed by atoms with Gasteiger partial charge >= 0.3 is 0 Å². The first-order valence-electron chi connectivity index (χ1n) is 11.2. The number of carbonyl (C=O) groups excluding carboxylic acids is 1. The van der Waals surface area contributed by atoms with Crippen molar-refractivity contribution in [1.29, 1.82) is 0 Å². The van der Waals surface area contributed by atoms with Crippen molar-refractivity contribution in [3.05, 3.63) is 40.5 Å². The fraction of sp³-hybridized carbons (Fsp3) is 0.435. The lowest BCUT2D eigenvalue weighted by Crippen LogP contribution is -2.44. The van der Waals surface area contributed by atoms with E-state index in [0.29, 0.717) is 12.0 Å². The molecular formula is C23H30BrCl3N6OS. The van der Waals surface area contributed by atoms with E-state index < -0.39 is 0 Å². The molecular weight excluding hydrogens is 595 g/mol. The van der Waals surface area contributed by atoms with Crippen molar-refractivity contribution < 1.29 is 4.79 Å². The lowest BCUT2D eigenvalue weighted by molar-refractivity contribution is 0.0953. The van der Waals surface area contributed by atoms with Gasteiger partial charge in [-0.05, 0) is 59.9 Å². The van der Waals surface area contributed by atoms with Crippen LogP contribution in [0, 0.1) is 0 Å². The molecule has 1 saturated carbocycles. The number of carbonyl (C=O) groups is 1. The van der Waals surface area contributed by atoms with Crippen LogP contribution < -0.4 is 16.0 Å². The molecule has 3 aromatic rings. The van der Waals surface area contributed by atoms with Crippen LogP contribution in [0.1, 0.15) is 29.6 Å². The van der Waals surface area contributed by atoms with E-state index in [1.807, 2.05) is 12.1 Å². The second kappa shape index (κ2) is 13.9. The maximum Gasteiger partial charge on any atom is 0.252 e. The summed E-state index contributed by atoms with van der Waals surface area (Å²) in [6.07, 6.45) is 5.01. The lowest BCUT2D eigenvalue weighted by Gasteiger charge is -2.27. The summed E-state index contributed by atoms with van der Waals surface area (Å²) >= 11 is 5.25. The highest BCUT2D eigenvalue weighted by molar-refractivity contribution is 9.10. The van der Waals surface area contributed by atoms with Crippen LogP contribution in [0.5, 0.6) is 0 Å². The van der Waals surface area contributed by atoms with Crippen LogP contribution in [0.4, 0.5) is 5.95 Å². The minimum atomic E-state index is 0. The highest BCUT2D eigenvalue weighted by atomic mass is 79.9. The van der Waals surface area contributed by atoms with Gasteiger partial charge in [0.1, 0.15) is 5.69 Å². The molecule has 12 heteroatoms. The Morgan fingerprint density at radius 2 is 1.97 bits per heavy atom. The van der Waals surface area contributed by atoms with Crippen molar-refractivity contribution in [1.82, 2.24) is 25.5 Å². The van der Waals surface area contributed by atoms with Gasteiger partial charge in [-0.2, -0.15) is 0 Å². The Bertz CT molecular complexity index is 1120.